The molecule has 0 N–H and O–H groups in total. The van der Waals surface area contributed by atoms with E-state index in [1.54, 1.807) is 10.6 Å². The highest BCUT2D eigenvalue weighted by atomic mass is 16.2. The Kier molecular flexibility index (Phi) is 6.08. The number of anilines is 1. The lowest BCUT2D eigenvalue weighted by Gasteiger charge is -2.28. The SMILES string of the molecule is CCC(=O)N1CCCN(c2cc(=O)n(C(C)C)c(=O)n2C(C)C)CC1. The lowest BCUT2D eigenvalue weighted by molar-refractivity contribution is -0.130. The van der Waals surface area contributed by atoms with Gasteiger partial charge in [0.2, 0.25) is 5.91 Å². The van der Waals surface area contributed by atoms with E-state index in [4.69, 9.17) is 0 Å². The average Bonchev–Trinajstić information content (AvgIpc) is 2.78. The number of aromatic nitrogens is 2. The fourth-order valence-electron chi connectivity index (χ4n) is 3.38. The summed E-state index contributed by atoms with van der Waals surface area (Å²) in [4.78, 5) is 41.3. The van der Waals surface area contributed by atoms with Crippen molar-refractivity contribution in [3.05, 3.63) is 26.9 Å². The summed E-state index contributed by atoms with van der Waals surface area (Å²) < 4.78 is 2.99. The maximum absolute atomic E-state index is 12.9. The van der Waals surface area contributed by atoms with Crippen molar-refractivity contribution in [1.29, 1.82) is 0 Å². The van der Waals surface area contributed by atoms with Crippen LogP contribution in [0.3, 0.4) is 0 Å². The van der Waals surface area contributed by atoms with Crippen molar-refractivity contribution in [3.63, 3.8) is 0 Å². The van der Waals surface area contributed by atoms with Gasteiger partial charge >= 0.3 is 5.69 Å². The predicted octanol–water partition coefficient (Wildman–Crippen LogP) is 1.62. The lowest BCUT2D eigenvalue weighted by Crippen LogP contribution is -2.45. The first kappa shape index (κ1) is 19.3. The summed E-state index contributed by atoms with van der Waals surface area (Å²) in [5.41, 5.74) is -0.532. The summed E-state index contributed by atoms with van der Waals surface area (Å²) in [7, 11) is 0. The van der Waals surface area contributed by atoms with Gasteiger partial charge in [0.1, 0.15) is 5.82 Å². The smallest absolute Gasteiger partial charge is 0.333 e. The zero-order chi connectivity index (χ0) is 18.7. The van der Waals surface area contributed by atoms with E-state index in [9.17, 15) is 14.4 Å². The van der Waals surface area contributed by atoms with Crippen LogP contribution in [0.4, 0.5) is 5.82 Å². The third-order valence-corrected chi connectivity index (χ3v) is 4.66. The van der Waals surface area contributed by atoms with E-state index < -0.39 is 0 Å². The Hall–Kier alpha value is -2.05. The van der Waals surface area contributed by atoms with Crippen LogP contribution >= 0.6 is 0 Å². The van der Waals surface area contributed by atoms with E-state index >= 15 is 0 Å². The van der Waals surface area contributed by atoms with Crippen LogP contribution in [-0.2, 0) is 4.79 Å². The minimum Gasteiger partial charge on any atom is -0.356 e. The van der Waals surface area contributed by atoms with Gasteiger partial charge in [-0.25, -0.2) is 4.79 Å². The number of hydrogen-bond acceptors (Lipinski definition) is 4. The molecule has 0 radical (unpaired) electrons. The van der Waals surface area contributed by atoms with Crippen molar-refractivity contribution in [3.8, 4) is 0 Å². The first-order valence-corrected chi connectivity index (χ1v) is 9.18. The van der Waals surface area contributed by atoms with Crippen LogP contribution in [0.1, 0.15) is 59.5 Å². The minimum absolute atomic E-state index is 0.0512. The van der Waals surface area contributed by atoms with Crippen LogP contribution < -0.4 is 16.1 Å². The van der Waals surface area contributed by atoms with Crippen molar-refractivity contribution < 1.29 is 4.79 Å². The van der Waals surface area contributed by atoms with Gasteiger partial charge in [0.25, 0.3) is 5.56 Å². The first-order valence-electron chi connectivity index (χ1n) is 9.18. The van der Waals surface area contributed by atoms with Crippen LogP contribution in [0.2, 0.25) is 0 Å². The van der Waals surface area contributed by atoms with E-state index in [-0.39, 0.29) is 29.2 Å². The summed E-state index contributed by atoms with van der Waals surface area (Å²) in [5.74, 6) is 0.811. The van der Waals surface area contributed by atoms with Gasteiger partial charge in [-0.2, -0.15) is 0 Å². The second-order valence-electron chi connectivity index (χ2n) is 7.13. The molecule has 0 atom stereocenters. The molecule has 0 aromatic carbocycles. The molecule has 1 aromatic heterocycles. The largest absolute Gasteiger partial charge is 0.356 e. The van der Waals surface area contributed by atoms with Crippen molar-refractivity contribution in [2.24, 2.45) is 0 Å². The molecule has 0 saturated carbocycles. The molecule has 0 spiro atoms. The number of carbonyl (C=O) groups excluding carboxylic acids is 1. The molecule has 140 valence electrons. The fourth-order valence-corrected chi connectivity index (χ4v) is 3.38. The molecule has 7 nitrogen and oxygen atoms in total. The molecule has 1 aliphatic heterocycles. The maximum atomic E-state index is 12.9. The molecule has 7 heteroatoms. The summed E-state index contributed by atoms with van der Waals surface area (Å²) >= 11 is 0. The summed E-state index contributed by atoms with van der Waals surface area (Å²) in [6.07, 6.45) is 1.33. The van der Waals surface area contributed by atoms with Crippen molar-refractivity contribution in [1.82, 2.24) is 14.0 Å². The average molecular weight is 350 g/mol. The molecule has 1 amide bonds. The first-order chi connectivity index (χ1) is 11.8. The summed E-state index contributed by atoms with van der Waals surface area (Å²) in [6, 6.07) is 1.34. The Bertz CT molecular complexity index is 733. The monoisotopic (exact) mass is 350 g/mol. The summed E-state index contributed by atoms with van der Waals surface area (Å²) in [5, 5.41) is 0. The van der Waals surface area contributed by atoms with Gasteiger partial charge in [-0.3, -0.25) is 18.7 Å². The molecule has 0 bridgehead atoms. The minimum atomic E-state index is -0.266. The number of hydrogen-bond donors (Lipinski definition) is 0. The highest BCUT2D eigenvalue weighted by molar-refractivity contribution is 5.75. The molecule has 2 rings (SSSR count). The quantitative estimate of drug-likeness (QED) is 0.828. The van der Waals surface area contributed by atoms with Gasteiger partial charge in [0.15, 0.2) is 0 Å². The third-order valence-electron chi connectivity index (χ3n) is 4.66. The lowest BCUT2D eigenvalue weighted by atomic mass is 10.3. The molecule has 1 aliphatic rings. The number of rotatable bonds is 4. The van der Waals surface area contributed by atoms with Crippen LogP contribution in [0.15, 0.2) is 15.7 Å². The normalized spacial score (nSPS) is 15.8. The van der Waals surface area contributed by atoms with Crippen molar-refractivity contribution in [2.75, 3.05) is 31.1 Å². The van der Waals surface area contributed by atoms with E-state index in [1.807, 2.05) is 39.5 Å². The van der Waals surface area contributed by atoms with Crippen molar-refractivity contribution >= 4 is 11.7 Å². The van der Waals surface area contributed by atoms with E-state index in [1.165, 1.54) is 4.57 Å². The molecule has 25 heavy (non-hydrogen) atoms. The Morgan fingerprint density at radius 2 is 1.64 bits per heavy atom. The van der Waals surface area contributed by atoms with Gasteiger partial charge in [-0.1, -0.05) is 6.92 Å². The van der Waals surface area contributed by atoms with Crippen LogP contribution in [-0.4, -0.2) is 46.1 Å². The van der Waals surface area contributed by atoms with E-state index in [2.05, 4.69) is 4.90 Å². The molecule has 2 heterocycles. The van der Waals surface area contributed by atoms with Gasteiger partial charge in [0.05, 0.1) is 0 Å². The van der Waals surface area contributed by atoms with E-state index in [0.29, 0.717) is 25.3 Å². The predicted molar refractivity (Wildman–Crippen MR) is 99.4 cm³/mol. The number of carbonyl (C=O) groups is 1. The molecule has 0 aliphatic carbocycles. The molecule has 1 fully saturated rings. The Labute approximate surface area is 148 Å². The highest BCUT2D eigenvalue weighted by Crippen LogP contribution is 2.18. The summed E-state index contributed by atoms with van der Waals surface area (Å²) in [6.45, 7) is 12.1. The standard InChI is InChI=1S/C18H30N4O3/c1-6-16(23)20-9-7-8-19(10-11-20)15-12-17(24)22(14(4)5)18(25)21(15)13(2)3/h12-14H,6-11H2,1-5H3. The van der Waals surface area contributed by atoms with Gasteiger partial charge in [-0.05, 0) is 34.1 Å². The second kappa shape index (κ2) is 7.89. The van der Waals surface area contributed by atoms with Crippen LogP contribution in [0, 0.1) is 0 Å². The highest BCUT2D eigenvalue weighted by Gasteiger charge is 2.23. The zero-order valence-corrected chi connectivity index (χ0v) is 16.0. The van der Waals surface area contributed by atoms with Gasteiger partial charge in [0, 0.05) is 50.7 Å². The van der Waals surface area contributed by atoms with Gasteiger partial charge < -0.3 is 9.80 Å². The van der Waals surface area contributed by atoms with Crippen molar-refractivity contribution in [2.45, 2.75) is 59.5 Å². The molecule has 1 saturated heterocycles. The molecule has 1 aromatic rings. The van der Waals surface area contributed by atoms with Crippen LogP contribution in [0.25, 0.3) is 0 Å². The number of amides is 1. The fraction of sp³-hybridized carbons (Fsp3) is 0.722. The maximum Gasteiger partial charge on any atom is 0.333 e. The Morgan fingerprint density at radius 1 is 1.00 bits per heavy atom. The molecule has 0 unspecified atom stereocenters. The topological polar surface area (TPSA) is 67.6 Å². The zero-order valence-electron chi connectivity index (χ0n) is 16.0. The number of nitrogens with zero attached hydrogens (tertiary/aromatic N) is 4. The molecular weight excluding hydrogens is 320 g/mol. The van der Waals surface area contributed by atoms with Gasteiger partial charge in [-0.15, -0.1) is 0 Å². The van der Waals surface area contributed by atoms with Crippen LogP contribution in [0.5, 0.6) is 0 Å². The van der Waals surface area contributed by atoms with E-state index in [0.717, 1.165) is 19.5 Å². The second-order valence-corrected chi connectivity index (χ2v) is 7.13. The Morgan fingerprint density at radius 3 is 2.20 bits per heavy atom. The molecular formula is C18H30N4O3. The third kappa shape index (κ3) is 3.96. The Balaban J connectivity index is 2.44.